The summed E-state index contributed by atoms with van der Waals surface area (Å²) in [4.78, 5) is 11.3. The van der Waals surface area contributed by atoms with Gasteiger partial charge in [0.25, 0.3) is 0 Å². The number of sulfonamides is 1. The molecule has 0 aliphatic carbocycles. The van der Waals surface area contributed by atoms with Gasteiger partial charge in [-0.3, -0.25) is 4.79 Å². The van der Waals surface area contributed by atoms with Crippen LogP contribution in [0.3, 0.4) is 0 Å². The van der Waals surface area contributed by atoms with Gasteiger partial charge in [-0.1, -0.05) is 15.9 Å². The fourth-order valence-corrected chi connectivity index (χ4v) is 3.11. The second-order valence-electron chi connectivity index (χ2n) is 2.95. The number of halogens is 1. The van der Waals surface area contributed by atoms with E-state index in [1.807, 2.05) is 0 Å². The van der Waals surface area contributed by atoms with Crippen molar-refractivity contribution in [3.63, 3.8) is 0 Å². The molecule has 1 heterocycles. The summed E-state index contributed by atoms with van der Waals surface area (Å²) < 4.78 is 33.7. The summed E-state index contributed by atoms with van der Waals surface area (Å²) in [6, 6.07) is -0.869. The van der Waals surface area contributed by atoms with Gasteiger partial charge in [-0.2, -0.15) is 4.31 Å². The van der Waals surface area contributed by atoms with Crippen LogP contribution in [0.15, 0.2) is 0 Å². The van der Waals surface area contributed by atoms with Crippen LogP contribution >= 0.6 is 15.9 Å². The third-order valence-corrected chi connectivity index (χ3v) is 5.21. The predicted molar refractivity (Wildman–Crippen MR) is 56.0 cm³/mol. The van der Waals surface area contributed by atoms with Crippen LogP contribution in [0.1, 0.15) is 0 Å². The molecule has 1 rings (SSSR count). The van der Waals surface area contributed by atoms with E-state index in [0.717, 1.165) is 4.31 Å². The van der Waals surface area contributed by atoms with Crippen molar-refractivity contribution in [2.45, 2.75) is 6.04 Å². The lowest BCUT2D eigenvalue weighted by atomic mass is 10.3. The Morgan fingerprint density at radius 3 is 2.87 bits per heavy atom. The molecule has 1 saturated heterocycles. The molecule has 1 aliphatic heterocycles. The first-order chi connectivity index (χ1) is 7.03. The van der Waals surface area contributed by atoms with E-state index in [4.69, 9.17) is 4.74 Å². The summed E-state index contributed by atoms with van der Waals surface area (Å²) >= 11 is 2.88. The van der Waals surface area contributed by atoms with Crippen LogP contribution in [-0.2, 0) is 24.3 Å². The van der Waals surface area contributed by atoms with Crippen molar-refractivity contribution in [2.24, 2.45) is 0 Å². The van der Waals surface area contributed by atoms with Gasteiger partial charge in [0.2, 0.25) is 10.0 Å². The number of methoxy groups -OCH3 is 1. The summed E-state index contributed by atoms with van der Waals surface area (Å²) in [5.74, 6) is -0.598. The van der Waals surface area contributed by atoms with E-state index in [2.05, 4.69) is 20.7 Å². The fourth-order valence-electron chi connectivity index (χ4n) is 1.31. The molecule has 8 heteroatoms. The number of morpholine rings is 1. The van der Waals surface area contributed by atoms with E-state index in [0.29, 0.717) is 6.61 Å². The van der Waals surface area contributed by atoms with E-state index >= 15 is 0 Å². The van der Waals surface area contributed by atoms with Crippen LogP contribution in [0.5, 0.6) is 0 Å². The highest BCUT2D eigenvalue weighted by molar-refractivity contribution is 9.10. The number of alkyl halides is 1. The standard InChI is InChI=1S/C7H12BrNO5S/c1-13-7(10)6-4-14-3-2-9(6)15(11,12)5-8/h6H,2-5H2,1H3. The minimum atomic E-state index is -3.46. The van der Waals surface area contributed by atoms with Gasteiger partial charge in [-0.25, -0.2) is 8.42 Å². The number of esters is 1. The molecular formula is C7H12BrNO5S. The topological polar surface area (TPSA) is 72.9 Å². The SMILES string of the molecule is COC(=O)C1COCCN1S(=O)(=O)CBr. The maximum absolute atomic E-state index is 11.6. The zero-order chi connectivity index (χ0) is 11.5. The summed E-state index contributed by atoms with van der Waals surface area (Å²) in [5, 5.41) is 0. The van der Waals surface area contributed by atoms with Crippen molar-refractivity contribution in [1.29, 1.82) is 0 Å². The van der Waals surface area contributed by atoms with Crippen LogP contribution in [-0.4, -0.2) is 56.3 Å². The van der Waals surface area contributed by atoms with Crippen LogP contribution < -0.4 is 0 Å². The molecule has 0 saturated carbocycles. The van der Waals surface area contributed by atoms with Gasteiger partial charge < -0.3 is 9.47 Å². The second kappa shape index (κ2) is 5.24. The molecule has 1 aliphatic rings. The van der Waals surface area contributed by atoms with Gasteiger partial charge in [-0.05, 0) is 0 Å². The van der Waals surface area contributed by atoms with E-state index in [9.17, 15) is 13.2 Å². The number of hydrogen-bond donors (Lipinski definition) is 0. The van der Waals surface area contributed by atoms with Crippen LogP contribution in [0.2, 0.25) is 0 Å². The molecule has 88 valence electrons. The van der Waals surface area contributed by atoms with Gasteiger partial charge >= 0.3 is 5.97 Å². The molecule has 1 unspecified atom stereocenters. The lowest BCUT2D eigenvalue weighted by molar-refractivity contribution is -0.149. The molecule has 6 nitrogen and oxygen atoms in total. The van der Waals surface area contributed by atoms with Gasteiger partial charge in [0, 0.05) is 6.54 Å². The molecule has 0 bridgehead atoms. The number of hydrogen-bond acceptors (Lipinski definition) is 5. The lowest BCUT2D eigenvalue weighted by Gasteiger charge is -2.31. The third-order valence-electron chi connectivity index (χ3n) is 2.05. The largest absolute Gasteiger partial charge is 0.468 e. The first-order valence-corrected chi connectivity index (χ1v) is 6.97. The van der Waals surface area contributed by atoms with Crippen molar-refractivity contribution < 1.29 is 22.7 Å². The fraction of sp³-hybridized carbons (Fsp3) is 0.857. The Balaban J connectivity index is 2.88. The number of carbonyl (C=O) groups is 1. The Bertz CT molecular complexity index is 330. The second-order valence-corrected chi connectivity index (χ2v) is 6.17. The van der Waals surface area contributed by atoms with Crippen molar-refractivity contribution >= 4 is 31.9 Å². The summed E-state index contributed by atoms with van der Waals surface area (Å²) in [6.45, 7) is 0.506. The summed E-state index contributed by atoms with van der Waals surface area (Å²) in [6.07, 6.45) is 0. The van der Waals surface area contributed by atoms with Crippen molar-refractivity contribution in [1.82, 2.24) is 4.31 Å². The molecule has 0 aromatic heterocycles. The van der Waals surface area contributed by atoms with E-state index in [1.54, 1.807) is 0 Å². The van der Waals surface area contributed by atoms with E-state index < -0.39 is 22.0 Å². The molecule has 1 atom stereocenters. The Morgan fingerprint density at radius 2 is 2.33 bits per heavy atom. The van der Waals surface area contributed by atoms with Crippen LogP contribution in [0.25, 0.3) is 0 Å². The lowest BCUT2D eigenvalue weighted by Crippen LogP contribution is -2.53. The third kappa shape index (κ3) is 2.90. The monoisotopic (exact) mass is 301 g/mol. The van der Waals surface area contributed by atoms with Gasteiger partial charge in [0.15, 0.2) is 0 Å². The van der Waals surface area contributed by atoms with Crippen molar-refractivity contribution in [2.75, 3.05) is 31.5 Å². The molecule has 0 spiro atoms. The number of nitrogens with zero attached hydrogens (tertiary/aromatic N) is 1. The highest BCUT2D eigenvalue weighted by Gasteiger charge is 2.37. The van der Waals surface area contributed by atoms with Crippen molar-refractivity contribution in [3.8, 4) is 0 Å². The number of rotatable bonds is 3. The average molecular weight is 302 g/mol. The maximum Gasteiger partial charge on any atom is 0.326 e. The molecule has 0 amide bonds. The molecule has 15 heavy (non-hydrogen) atoms. The molecule has 0 radical (unpaired) electrons. The molecule has 0 aromatic carbocycles. The first-order valence-electron chi connectivity index (χ1n) is 4.24. The average Bonchev–Trinajstić information content (AvgIpc) is 2.28. The molecule has 0 aromatic rings. The first kappa shape index (κ1) is 12.9. The Labute approximate surface area is 96.7 Å². The van der Waals surface area contributed by atoms with Gasteiger partial charge in [-0.15, -0.1) is 0 Å². The minimum absolute atomic E-state index is 0.0406. The van der Waals surface area contributed by atoms with Crippen molar-refractivity contribution in [3.05, 3.63) is 0 Å². The summed E-state index contributed by atoms with van der Waals surface area (Å²) in [5.41, 5.74) is 0. The molecule has 1 fully saturated rings. The Hall–Kier alpha value is -0.180. The zero-order valence-corrected chi connectivity index (χ0v) is 10.6. The number of ether oxygens (including phenoxy) is 2. The van der Waals surface area contributed by atoms with E-state index in [1.165, 1.54) is 7.11 Å². The quantitative estimate of drug-likeness (QED) is 0.521. The number of carbonyl (C=O) groups excluding carboxylic acids is 1. The van der Waals surface area contributed by atoms with Crippen LogP contribution in [0, 0.1) is 0 Å². The Kier molecular flexibility index (Phi) is 4.50. The van der Waals surface area contributed by atoms with Crippen LogP contribution in [0.4, 0.5) is 0 Å². The zero-order valence-electron chi connectivity index (χ0n) is 8.18. The van der Waals surface area contributed by atoms with Gasteiger partial charge in [0.05, 0.1) is 20.3 Å². The highest BCUT2D eigenvalue weighted by atomic mass is 79.9. The molecule has 0 N–H and O–H groups in total. The van der Waals surface area contributed by atoms with Gasteiger partial charge in [0.1, 0.15) is 10.7 Å². The predicted octanol–water partition coefficient (Wildman–Crippen LogP) is -0.458. The van der Waals surface area contributed by atoms with E-state index in [-0.39, 0.29) is 17.8 Å². The minimum Gasteiger partial charge on any atom is -0.468 e. The maximum atomic E-state index is 11.6. The smallest absolute Gasteiger partial charge is 0.326 e. The normalized spacial score (nSPS) is 23.7. The highest BCUT2D eigenvalue weighted by Crippen LogP contribution is 2.15. The Morgan fingerprint density at radius 1 is 1.67 bits per heavy atom. The summed E-state index contributed by atoms with van der Waals surface area (Å²) in [7, 11) is -2.24. The molecular weight excluding hydrogens is 290 g/mol.